The van der Waals surface area contributed by atoms with E-state index in [2.05, 4.69) is 20.7 Å². The minimum Gasteiger partial charge on any atom is -0.330 e. The van der Waals surface area contributed by atoms with Crippen molar-refractivity contribution in [1.82, 2.24) is 19.3 Å². The second kappa shape index (κ2) is 4.06. The van der Waals surface area contributed by atoms with Crippen LogP contribution in [0.1, 0.15) is 30.3 Å². The van der Waals surface area contributed by atoms with E-state index < -0.39 is 0 Å². The second-order valence-electron chi connectivity index (χ2n) is 4.36. The molecule has 0 saturated heterocycles. The van der Waals surface area contributed by atoms with Crippen LogP contribution in [0, 0.1) is 11.3 Å². The lowest BCUT2D eigenvalue weighted by Gasteiger charge is -2.25. The van der Waals surface area contributed by atoms with E-state index >= 15 is 0 Å². The molecular weight excluding hydrogens is 214 g/mol. The summed E-state index contributed by atoms with van der Waals surface area (Å²) in [6.45, 7) is 0.811. The smallest absolute Gasteiger partial charge is 0.108 e. The Hall–Kier alpha value is -2.09. The molecule has 0 radical (unpaired) electrons. The zero-order valence-corrected chi connectivity index (χ0v) is 9.45. The number of rotatable bonds is 2. The lowest BCUT2D eigenvalue weighted by atomic mass is 10.0. The summed E-state index contributed by atoms with van der Waals surface area (Å²) in [5.74, 6) is 1.16. The summed E-state index contributed by atoms with van der Waals surface area (Å²) < 4.78 is 4.08. The molecule has 0 aliphatic carbocycles. The van der Waals surface area contributed by atoms with E-state index in [9.17, 15) is 0 Å². The van der Waals surface area contributed by atoms with E-state index in [1.54, 1.807) is 12.4 Å². The minimum atomic E-state index is 0.410. The van der Waals surface area contributed by atoms with Gasteiger partial charge in [0.1, 0.15) is 11.9 Å². The fourth-order valence-corrected chi connectivity index (χ4v) is 2.42. The number of fused-ring (bicyclic) bond motifs is 1. The maximum absolute atomic E-state index is 8.76. The van der Waals surface area contributed by atoms with Crippen LogP contribution >= 0.6 is 0 Å². The fourth-order valence-electron chi connectivity index (χ4n) is 2.42. The van der Waals surface area contributed by atoms with Crippen LogP contribution in [-0.4, -0.2) is 19.3 Å². The second-order valence-corrected chi connectivity index (χ2v) is 4.36. The molecule has 3 rings (SSSR count). The SMILES string of the molecule is N#Cc1cnn(CC2CCCc3nccn32)c1. The number of imidazole rings is 1. The summed E-state index contributed by atoms with van der Waals surface area (Å²) in [4.78, 5) is 4.35. The van der Waals surface area contributed by atoms with Gasteiger partial charge in [0, 0.05) is 25.0 Å². The number of nitriles is 1. The van der Waals surface area contributed by atoms with Crippen LogP contribution in [0.15, 0.2) is 24.8 Å². The van der Waals surface area contributed by atoms with Crippen LogP contribution in [0.2, 0.25) is 0 Å². The summed E-state index contributed by atoms with van der Waals surface area (Å²) in [6.07, 6.45) is 10.7. The van der Waals surface area contributed by atoms with Crippen molar-refractivity contribution in [2.45, 2.75) is 31.8 Å². The molecule has 0 saturated carbocycles. The van der Waals surface area contributed by atoms with Crippen molar-refractivity contribution in [2.24, 2.45) is 0 Å². The summed E-state index contributed by atoms with van der Waals surface area (Å²) in [7, 11) is 0. The third kappa shape index (κ3) is 1.82. The summed E-state index contributed by atoms with van der Waals surface area (Å²) in [6, 6.07) is 2.51. The molecule has 3 heterocycles. The Morgan fingerprint density at radius 3 is 3.29 bits per heavy atom. The number of hydrogen-bond acceptors (Lipinski definition) is 3. The van der Waals surface area contributed by atoms with Crippen LogP contribution in [0.3, 0.4) is 0 Å². The Balaban J connectivity index is 1.81. The molecule has 17 heavy (non-hydrogen) atoms. The number of nitrogens with zero attached hydrogens (tertiary/aromatic N) is 5. The van der Waals surface area contributed by atoms with E-state index in [0.717, 1.165) is 25.2 Å². The van der Waals surface area contributed by atoms with E-state index in [1.165, 1.54) is 6.42 Å². The molecule has 2 aromatic rings. The van der Waals surface area contributed by atoms with E-state index in [-0.39, 0.29) is 0 Å². The predicted octanol–water partition coefficient (Wildman–Crippen LogP) is 1.53. The highest BCUT2D eigenvalue weighted by Crippen LogP contribution is 2.24. The van der Waals surface area contributed by atoms with Crippen molar-refractivity contribution in [2.75, 3.05) is 0 Å². The van der Waals surface area contributed by atoms with Crippen LogP contribution in [0.25, 0.3) is 0 Å². The normalized spacial score (nSPS) is 18.6. The van der Waals surface area contributed by atoms with Crippen molar-refractivity contribution in [1.29, 1.82) is 5.26 Å². The van der Waals surface area contributed by atoms with Gasteiger partial charge in [-0.1, -0.05) is 0 Å². The molecule has 2 aromatic heterocycles. The monoisotopic (exact) mass is 227 g/mol. The first-order valence-electron chi connectivity index (χ1n) is 5.81. The molecule has 5 nitrogen and oxygen atoms in total. The predicted molar refractivity (Wildman–Crippen MR) is 61.1 cm³/mol. The molecule has 0 spiro atoms. The Morgan fingerprint density at radius 2 is 2.47 bits per heavy atom. The van der Waals surface area contributed by atoms with Gasteiger partial charge in [0.25, 0.3) is 0 Å². The molecule has 1 aliphatic heterocycles. The van der Waals surface area contributed by atoms with Crippen LogP contribution in [0.5, 0.6) is 0 Å². The third-order valence-corrected chi connectivity index (χ3v) is 3.24. The van der Waals surface area contributed by atoms with Crippen LogP contribution < -0.4 is 0 Å². The minimum absolute atomic E-state index is 0.410. The average molecular weight is 227 g/mol. The summed E-state index contributed by atoms with van der Waals surface area (Å²) in [5, 5.41) is 13.0. The fraction of sp³-hybridized carbons (Fsp3) is 0.417. The van der Waals surface area contributed by atoms with Crippen LogP contribution in [-0.2, 0) is 13.0 Å². The Kier molecular flexibility index (Phi) is 2.41. The highest BCUT2D eigenvalue weighted by Gasteiger charge is 2.20. The molecule has 86 valence electrons. The molecular formula is C12H13N5. The van der Waals surface area contributed by atoms with Gasteiger partial charge in [-0.05, 0) is 12.8 Å². The third-order valence-electron chi connectivity index (χ3n) is 3.24. The van der Waals surface area contributed by atoms with Crippen molar-refractivity contribution in [3.63, 3.8) is 0 Å². The van der Waals surface area contributed by atoms with Crippen molar-refractivity contribution < 1.29 is 0 Å². The van der Waals surface area contributed by atoms with Crippen molar-refractivity contribution in [3.05, 3.63) is 36.2 Å². The topological polar surface area (TPSA) is 59.4 Å². The first-order chi connectivity index (χ1) is 8.36. The number of hydrogen-bond donors (Lipinski definition) is 0. The highest BCUT2D eigenvalue weighted by molar-refractivity contribution is 5.21. The van der Waals surface area contributed by atoms with Crippen molar-refractivity contribution >= 4 is 0 Å². The van der Waals surface area contributed by atoms with Crippen molar-refractivity contribution in [3.8, 4) is 6.07 Å². The lowest BCUT2D eigenvalue weighted by Crippen LogP contribution is -2.22. The molecule has 0 fully saturated rings. The molecule has 0 aromatic carbocycles. The Morgan fingerprint density at radius 1 is 1.53 bits per heavy atom. The molecule has 1 unspecified atom stereocenters. The van der Waals surface area contributed by atoms with E-state index in [4.69, 9.17) is 5.26 Å². The average Bonchev–Trinajstić information content (AvgIpc) is 2.97. The number of aryl methyl sites for hydroxylation is 1. The highest BCUT2D eigenvalue weighted by atomic mass is 15.3. The molecule has 1 atom stereocenters. The van der Waals surface area contributed by atoms with Gasteiger partial charge >= 0.3 is 0 Å². The standard InChI is InChI=1S/C12H13N5/c13-6-10-7-15-16(8-10)9-11-2-1-3-12-14-4-5-17(11)12/h4-5,7-8,11H,1-3,9H2. The zero-order chi connectivity index (χ0) is 11.7. The summed E-state index contributed by atoms with van der Waals surface area (Å²) in [5.41, 5.74) is 0.617. The Bertz CT molecular complexity index is 559. The molecule has 5 heteroatoms. The quantitative estimate of drug-likeness (QED) is 0.781. The van der Waals surface area contributed by atoms with Gasteiger partial charge in [-0.3, -0.25) is 4.68 Å². The van der Waals surface area contributed by atoms with Crippen LogP contribution in [0.4, 0.5) is 0 Å². The first kappa shape index (κ1) is 10.1. The lowest BCUT2D eigenvalue weighted by molar-refractivity contribution is 0.339. The molecule has 0 amide bonds. The molecule has 0 N–H and O–H groups in total. The number of aromatic nitrogens is 4. The zero-order valence-electron chi connectivity index (χ0n) is 9.45. The maximum Gasteiger partial charge on any atom is 0.108 e. The van der Waals surface area contributed by atoms with E-state index in [1.807, 2.05) is 17.1 Å². The van der Waals surface area contributed by atoms with Gasteiger partial charge in [0.2, 0.25) is 0 Å². The van der Waals surface area contributed by atoms with Gasteiger partial charge in [-0.25, -0.2) is 4.98 Å². The maximum atomic E-state index is 8.76. The van der Waals surface area contributed by atoms with Gasteiger partial charge in [0.15, 0.2) is 0 Å². The van der Waals surface area contributed by atoms with Gasteiger partial charge in [-0.15, -0.1) is 0 Å². The van der Waals surface area contributed by atoms with Gasteiger partial charge in [-0.2, -0.15) is 10.4 Å². The molecule has 1 aliphatic rings. The van der Waals surface area contributed by atoms with E-state index in [0.29, 0.717) is 11.6 Å². The van der Waals surface area contributed by atoms with Gasteiger partial charge < -0.3 is 4.57 Å². The van der Waals surface area contributed by atoms with Gasteiger partial charge in [0.05, 0.1) is 24.3 Å². The largest absolute Gasteiger partial charge is 0.330 e. The Labute approximate surface area is 99.3 Å². The molecule has 0 bridgehead atoms. The summed E-state index contributed by atoms with van der Waals surface area (Å²) >= 11 is 0. The first-order valence-corrected chi connectivity index (χ1v) is 5.81.